The van der Waals surface area contributed by atoms with E-state index in [1.165, 1.54) is 212 Å². The minimum atomic E-state index is -4.95. The summed E-state index contributed by atoms with van der Waals surface area (Å²) in [6, 6.07) is 0. The lowest BCUT2D eigenvalue weighted by atomic mass is 10.0. The summed E-state index contributed by atoms with van der Waals surface area (Å²) in [4.78, 5) is 72.2. The maximum absolute atomic E-state index is 13.1. The zero-order chi connectivity index (χ0) is 69.0. The van der Waals surface area contributed by atoms with Crippen LogP contribution in [0.3, 0.4) is 0 Å². The molecule has 0 saturated heterocycles. The van der Waals surface area contributed by atoms with Crippen molar-refractivity contribution in [3.8, 4) is 0 Å². The van der Waals surface area contributed by atoms with Crippen molar-refractivity contribution in [1.82, 2.24) is 0 Å². The monoisotopic (exact) mass is 1380 g/mol. The Hall–Kier alpha value is -1.94. The number of hydrogen-bond donors (Lipinski definition) is 3. The number of ether oxygens (including phenoxy) is 4. The smallest absolute Gasteiger partial charge is 0.462 e. The molecule has 0 saturated carbocycles. The molecule has 558 valence electrons. The lowest BCUT2D eigenvalue weighted by molar-refractivity contribution is -0.161. The van der Waals surface area contributed by atoms with Crippen molar-refractivity contribution >= 4 is 39.5 Å². The van der Waals surface area contributed by atoms with Gasteiger partial charge in [-0.25, -0.2) is 9.13 Å². The molecule has 3 N–H and O–H groups in total. The standard InChI is InChI=1S/C75H146O17P2/c1-5-9-13-17-20-22-24-26-28-30-32-34-35-37-39-41-43-45-47-50-54-58-62-75(80)92-71(66-86-73(78)60-56-52-49-46-44-42-40-38-36-33-31-29-27-25-23-21-18-14-10-6-2)68-90-94(83,84)88-64-69(76)63-87-93(81,82)89-67-70(65-85-72(77)59-55-51-16-12-8-4)91-74(79)61-57-53-48-19-15-11-7-3/h69-71,76H,5-68H2,1-4H3,(H,81,82)(H,83,84)/t69-,70+,71+/m0/s1. The fraction of sp³-hybridized carbons (Fsp3) is 0.947. The molecular weight excluding hydrogens is 1230 g/mol. The van der Waals surface area contributed by atoms with Crippen molar-refractivity contribution in [2.45, 2.75) is 418 Å². The Labute approximate surface area is 575 Å². The van der Waals surface area contributed by atoms with Gasteiger partial charge in [0, 0.05) is 25.7 Å². The Morgan fingerprint density at radius 3 is 0.628 bits per heavy atom. The Morgan fingerprint density at radius 2 is 0.426 bits per heavy atom. The van der Waals surface area contributed by atoms with Gasteiger partial charge in [0.2, 0.25) is 0 Å². The first-order chi connectivity index (χ1) is 45.7. The van der Waals surface area contributed by atoms with E-state index < -0.39 is 97.5 Å². The van der Waals surface area contributed by atoms with Gasteiger partial charge >= 0.3 is 39.5 Å². The second-order valence-corrected chi connectivity index (χ2v) is 29.9. The number of aliphatic hydroxyl groups is 1. The number of esters is 4. The van der Waals surface area contributed by atoms with Gasteiger partial charge in [0.15, 0.2) is 12.2 Å². The van der Waals surface area contributed by atoms with E-state index >= 15 is 0 Å². The van der Waals surface area contributed by atoms with Crippen molar-refractivity contribution < 1.29 is 80.2 Å². The largest absolute Gasteiger partial charge is 0.472 e. The molecule has 17 nitrogen and oxygen atoms in total. The normalized spacial score (nSPS) is 13.9. The summed E-state index contributed by atoms with van der Waals surface area (Å²) in [5, 5.41) is 10.6. The van der Waals surface area contributed by atoms with Gasteiger partial charge in [-0.1, -0.05) is 349 Å². The maximum atomic E-state index is 13.1. The molecule has 0 amide bonds. The lowest BCUT2D eigenvalue weighted by Gasteiger charge is -2.21. The van der Waals surface area contributed by atoms with Crippen LogP contribution >= 0.6 is 15.6 Å². The van der Waals surface area contributed by atoms with E-state index in [-0.39, 0.29) is 25.7 Å². The van der Waals surface area contributed by atoms with Gasteiger partial charge in [0.05, 0.1) is 26.4 Å². The van der Waals surface area contributed by atoms with Crippen LogP contribution in [-0.4, -0.2) is 96.7 Å². The molecule has 0 aromatic carbocycles. The number of phosphoric ester groups is 2. The van der Waals surface area contributed by atoms with Gasteiger partial charge in [-0.05, 0) is 25.7 Å². The molecule has 19 heteroatoms. The molecule has 2 unspecified atom stereocenters. The highest BCUT2D eigenvalue weighted by atomic mass is 31.2. The van der Waals surface area contributed by atoms with Crippen molar-refractivity contribution in [3.05, 3.63) is 0 Å². The number of phosphoric acid groups is 2. The molecule has 0 aliphatic rings. The summed E-state index contributed by atoms with van der Waals surface area (Å²) < 4.78 is 68.1. The van der Waals surface area contributed by atoms with E-state index in [0.717, 1.165) is 109 Å². The fourth-order valence-electron chi connectivity index (χ4n) is 11.6. The molecule has 0 aromatic heterocycles. The quantitative estimate of drug-likeness (QED) is 0.0222. The zero-order valence-electron chi connectivity index (χ0n) is 60.9. The van der Waals surface area contributed by atoms with Crippen molar-refractivity contribution in [2.75, 3.05) is 39.6 Å². The molecule has 0 bridgehead atoms. The first kappa shape index (κ1) is 92.1. The minimum Gasteiger partial charge on any atom is -0.462 e. The summed E-state index contributed by atoms with van der Waals surface area (Å²) in [5.74, 6) is -2.13. The summed E-state index contributed by atoms with van der Waals surface area (Å²) >= 11 is 0. The predicted octanol–water partition coefficient (Wildman–Crippen LogP) is 22.2. The molecule has 0 radical (unpaired) electrons. The fourth-order valence-corrected chi connectivity index (χ4v) is 13.2. The van der Waals surface area contributed by atoms with E-state index in [1.807, 2.05) is 0 Å². The zero-order valence-corrected chi connectivity index (χ0v) is 62.7. The second kappa shape index (κ2) is 69.5. The first-order valence-electron chi connectivity index (χ1n) is 39.3. The van der Waals surface area contributed by atoms with E-state index in [2.05, 4.69) is 27.7 Å². The molecular formula is C75H146O17P2. The number of rotatable bonds is 76. The van der Waals surface area contributed by atoms with Crippen LogP contribution in [0.5, 0.6) is 0 Å². The van der Waals surface area contributed by atoms with Crippen LogP contribution in [0.1, 0.15) is 400 Å². The summed E-state index contributed by atoms with van der Waals surface area (Å²) in [6.07, 6.45) is 60.6. The van der Waals surface area contributed by atoms with Crippen molar-refractivity contribution in [2.24, 2.45) is 0 Å². The molecule has 0 spiro atoms. The summed E-state index contributed by atoms with van der Waals surface area (Å²) in [5.41, 5.74) is 0. The molecule has 0 aliphatic carbocycles. The van der Waals surface area contributed by atoms with Gasteiger partial charge in [-0.2, -0.15) is 0 Å². The number of unbranched alkanes of at least 4 members (excludes halogenated alkanes) is 50. The van der Waals surface area contributed by atoms with Gasteiger partial charge in [-0.15, -0.1) is 0 Å². The third-order valence-electron chi connectivity index (χ3n) is 17.6. The molecule has 94 heavy (non-hydrogen) atoms. The van der Waals surface area contributed by atoms with Crippen LogP contribution in [0.2, 0.25) is 0 Å². The molecule has 0 fully saturated rings. The summed E-state index contributed by atoms with van der Waals surface area (Å²) in [6.45, 7) is 4.83. The van der Waals surface area contributed by atoms with Crippen molar-refractivity contribution in [3.63, 3.8) is 0 Å². The lowest BCUT2D eigenvalue weighted by Crippen LogP contribution is -2.30. The van der Waals surface area contributed by atoms with Gasteiger partial charge < -0.3 is 33.8 Å². The van der Waals surface area contributed by atoms with Crippen LogP contribution in [0.15, 0.2) is 0 Å². The maximum Gasteiger partial charge on any atom is 0.472 e. The van der Waals surface area contributed by atoms with Crippen LogP contribution < -0.4 is 0 Å². The highest BCUT2D eigenvalue weighted by Crippen LogP contribution is 2.45. The number of carbonyl (C=O) groups excluding carboxylic acids is 4. The number of carbonyl (C=O) groups is 4. The molecule has 0 aliphatic heterocycles. The average Bonchev–Trinajstić information content (AvgIpc) is 1.26. The average molecular weight is 1380 g/mol. The number of aliphatic hydroxyl groups excluding tert-OH is 1. The topological polar surface area (TPSA) is 237 Å². The third kappa shape index (κ3) is 68.6. The van der Waals surface area contributed by atoms with E-state index in [0.29, 0.717) is 25.7 Å². The predicted molar refractivity (Wildman–Crippen MR) is 382 cm³/mol. The van der Waals surface area contributed by atoms with Crippen molar-refractivity contribution in [1.29, 1.82) is 0 Å². The molecule has 5 atom stereocenters. The minimum absolute atomic E-state index is 0.103. The van der Waals surface area contributed by atoms with E-state index in [9.17, 15) is 43.2 Å². The highest BCUT2D eigenvalue weighted by molar-refractivity contribution is 7.47. The van der Waals surface area contributed by atoms with Crippen LogP contribution in [0.4, 0.5) is 0 Å². The third-order valence-corrected chi connectivity index (χ3v) is 19.5. The molecule has 0 heterocycles. The van der Waals surface area contributed by atoms with Crippen LogP contribution in [0, 0.1) is 0 Å². The van der Waals surface area contributed by atoms with Gasteiger partial charge in [0.25, 0.3) is 0 Å². The number of hydrogen-bond acceptors (Lipinski definition) is 15. The Kier molecular flexibility index (Phi) is 68.1. The van der Waals surface area contributed by atoms with Gasteiger partial charge in [-0.3, -0.25) is 37.3 Å². The SMILES string of the molecule is CCCCCCCCCCCCCCCCCCCCCCCCC(=O)O[C@H](COC(=O)CCCCCCCCCCCCCCCCCCCCCC)COP(=O)(O)OC[C@@H](O)COP(=O)(O)OC[C@@H](COC(=O)CCCCCCC)OC(=O)CCCCCCCCC. The Morgan fingerprint density at radius 1 is 0.255 bits per heavy atom. The van der Waals surface area contributed by atoms with Crippen LogP contribution in [0.25, 0.3) is 0 Å². The van der Waals surface area contributed by atoms with Gasteiger partial charge in [0.1, 0.15) is 19.3 Å². The van der Waals surface area contributed by atoms with Crippen LogP contribution in [-0.2, 0) is 65.4 Å². The van der Waals surface area contributed by atoms with E-state index in [4.69, 9.17) is 37.0 Å². The Bertz CT molecular complexity index is 1790. The molecule has 0 aromatic rings. The summed E-state index contributed by atoms with van der Waals surface area (Å²) in [7, 11) is -9.89. The Balaban J connectivity index is 5.04. The highest BCUT2D eigenvalue weighted by Gasteiger charge is 2.30. The second-order valence-electron chi connectivity index (χ2n) is 27.0. The first-order valence-corrected chi connectivity index (χ1v) is 42.3. The van der Waals surface area contributed by atoms with E-state index in [1.54, 1.807) is 0 Å². The molecule has 0 rings (SSSR count).